The molecule has 5 rings (SSSR count). The van der Waals surface area contributed by atoms with Crippen LogP contribution in [-0.2, 0) is 22.5 Å². The maximum absolute atomic E-state index is 11.8. The van der Waals surface area contributed by atoms with Crippen LogP contribution >= 0.6 is 11.3 Å². The van der Waals surface area contributed by atoms with Gasteiger partial charge < -0.3 is 14.6 Å². The van der Waals surface area contributed by atoms with Gasteiger partial charge in [-0.15, -0.1) is 11.3 Å². The van der Waals surface area contributed by atoms with Gasteiger partial charge in [-0.2, -0.15) is 4.41 Å². The van der Waals surface area contributed by atoms with Crippen molar-refractivity contribution in [2.45, 2.75) is 32.2 Å². The summed E-state index contributed by atoms with van der Waals surface area (Å²) in [7, 11) is 0. The number of piperazine rings is 1. The van der Waals surface area contributed by atoms with Crippen molar-refractivity contribution in [3.05, 3.63) is 93.2 Å². The Hall–Kier alpha value is -3.26. The minimum atomic E-state index is -2.53. The first-order chi connectivity index (χ1) is 18.9. The molecule has 3 aromatic rings. The highest BCUT2D eigenvalue weighted by molar-refractivity contribution is 7.76. The highest BCUT2D eigenvalue weighted by Gasteiger charge is 2.28. The first-order valence-corrected chi connectivity index (χ1v) is 14.9. The molecule has 0 radical (unpaired) electrons. The number of benzene rings is 2. The molecule has 0 saturated carbocycles. The lowest BCUT2D eigenvalue weighted by Gasteiger charge is -2.44. The summed E-state index contributed by atoms with van der Waals surface area (Å²) in [5.41, 5.74) is 6.93. The van der Waals surface area contributed by atoms with E-state index in [0.717, 1.165) is 34.1 Å². The van der Waals surface area contributed by atoms with Gasteiger partial charge in [-0.3, -0.25) is 9.00 Å². The normalized spacial score (nSPS) is 17.1. The number of allylic oxidation sites excluding steroid dienone is 1. The van der Waals surface area contributed by atoms with E-state index in [1.165, 1.54) is 21.6 Å². The lowest BCUT2D eigenvalue weighted by atomic mass is 9.89. The first kappa shape index (κ1) is 27.3. The molecule has 0 spiro atoms. The van der Waals surface area contributed by atoms with Crippen molar-refractivity contribution < 1.29 is 18.7 Å². The lowest BCUT2D eigenvalue weighted by Crippen LogP contribution is -2.57. The van der Waals surface area contributed by atoms with E-state index < -0.39 is 23.3 Å². The molecule has 2 aliphatic rings. The van der Waals surface area contributed by atoms with Crippen LogP contribution in [0.2, 0.25) is 0 Å². The van der Waals surface area contributed by atoms with Crippen LogP contribution in [0.15, 0.2) is 66.1 Å². The molecule has 39 heavy (non-hydrogen) atoms. The average Bonchev–Trinajstić information content (AvgIpc) is 3.47. The van der Waals surface area contributed by atoms with Crippen molar-refractivity contribution in [1.29, 1.82) is 0 Å². The van der Waals surface area contributed by atoms with E-state index in [4.69, 9.17) is 5.11 Å². The van der Waals surface area contributed by atoms with Gasteiger partial charge in [-0.1, -0.05) is 30.0 Å². The number of carboxylic acids is 1. The van der Waals surface area contributed by atoms with Crippen LogP contribution in [0.1, 0.15) is 46.9 Å². The van der Waals surface area contributed by atoms with Crippen molar-refractivity contribution in [2.75, 3.05) is 31.1 Å². The summed E-state index contributed by atoms with van der Waals surface area (Å²) in [5.74, 6) is 5.60. The highest BCUT2D eigenvalue weighted by atomic mass is 32.2. The third-order valence-corrected chi connectivity index (χ3v) is 8.87. The summed E-state index contributed by atoms with van der Waals surface area (Å²) < 4.78 is 24.7. The Morgan fingerprint density at radius 1 is 1.10 bits per heavy atom. The maximum atomic E-state index is 11.8. The smallest absolute Gasteiger partial charge is 0.305 e. The van der Waals surface area contributed by atoms with Gasteiger partial charge in [0.1, 0.15) is 0 Å². The van der Waals surface area contributed by atoms with Crippen LogP contribution in [0.4, 0.5) is 5.69 Å². The number of nitrogens with zero attached hydrogens (tertiary/aromatic N) is 3. The largest absolute Gasteiger partial charge is 0.759 e. The third kappa shape index (κ3) is 6.49. The molecule has 1 aliphatic carbocycles. The van der Waals surface area contributed by atoms with E-state index in [1.54, 1.807) is 23.3 Å². The standard InChI is InChI=1S/C30H31N3O4S2/c1-22(20-30(34)35)33(39(36)37)32-17-15-31(16-18-32)26-13-10-23(11-14-26)7-8-24-9-12-25-4-2-5-27(28(25)21-24)29-6-3-19-38-29/h3,5-6,9-14,19,21-22H,2,4,15-18,20H2,1H3,(H,34,35)(H,36,37)/p-1. The molecule has 202 valence electrons. The number of rotatable bonds is 7. The van der Waals surface area contributed by atoms with Crippen molar-refractivity contribution in [2.24, 2.45) is 0 Å². The van der Waals surface area contributed by atoms with Crippen LogP contribution in [0.5, 0.6) is 0 Å². The number of aliphatic carboxylic acids is 1. The molecule has 1 aromatic heterocycles. The van der Waals surface area contributed by atoms with Gasteiger partial charge in [0, 0.05) is 65.2 Å². The summed E-state index contributed by atoms with van der Waals surface area (Å²) in [6.45, 7) is 3.85. The molecule has 2 unspecified atom stereocenters. The van der Waals surface area contributed by atoms with E-state index >= 15 is 0 Å². The van der Waals surface area contributed by atoms with Crippen molar-refractivity contribution >= 4 is 39.8 Å². The molecule has 2 aromatic carbocycles. The molecule has 9 heteroatoms. The second-order valence-electron chi connectivity index (χ2n) is 9.71. The molecule has 1 aliphatic heterocycles. The Labute approximate surface area is 235 Å². The Balaban J connectivity index is 1.23. The van der Waals surface area contributed by atoms with Gasteiger partial charge in [0.15, 0.2) is 0 Å². The maximum Gasteiger partial charge on any atom is 0.305 e. The highest BCUT2D eigenvalue weighted by Crippen LogP contribution is 2.34. The van der Waals surface area contributed by atoms with Crippen LogP contribution < -0.4 is 4.90 Å². The van der Waals surface area contributed by atoms with Gasteiger partial charge in [0.25, 0.3) is 0 Å². The zero-order valence-corrected chi connectivity index (χ0v) is 23.3. The molecule has 1 N–H and O–H groups in total. The summed E-state index contributed by atoms with van der Waals surface area (Å²) >= 11 is -0.760. The zero-order chi connectivity index (χ0) is 27.4. The summed E-state index contributed by atoms with van der Waals surface area (Å²) in [6.07, 6.45) is 4.21. The predicted molar refractivity (Wildman–Crippen MR) is 155 cm³/mol. The quantitative estimate of drug-likeness (QED) is 0.338. The van der Waals surface area contributed by atoms with Gasteiger partial charge >= 0.3 is 5.97 Å². The topological polar surface area (TPSA) is 87.2 Å². The lowest BCUT2D eigenvalue weighted by molar-refractivity contribution is -0.139. The molecular formula is C30H30N3O4S2-. The molecular weight excluding hydrogens is 530 g/mol. The van der Waals surface area contributed by atoms with Crippen molar-refractivity contribution in [1.82, 2.24) is 9.42 Å². The Morgan fingerprint density at radius 2 is 1.82 bits per heavy atom. The molecule has 7 nitrogen and oxygen atoms in total. The van der Waals surface area contributed by atoms with Crippen LogP contribution in [0.25, 0.3) is 5.57 Å². The number of anilines is 1. The zero-order valence-electron chi connectivity index (χ0n) is 21.7. The van der Waals surface area contributed by atoms with Crippen LogP contribution in [0, 0.1) is 11.8 Å². The Morgan fingerprint density at radius 3 is 2.49 bits per heavy atom. The number of hydrazine groups is 1. The van der Waals surface area contributed by atoms with Crippen molar-refractivity contribution in [3.63, 3.8) is 0 Å². The second kappa shape index (κ2) is 12.3. The number of carbonyl (C=O) groups is 1. The third-order valence-electron chi connectivity index (χ3n) is 7.07. The molecule has 0 amide bonds. The fraction of sp³-hybridized carbons (Fsp3) is 0.300. The number of thiophene rings is 1. The average molecular weight is 561 g/mol. The van der Waals surface area contributed by atoms with E-state index in [-0.39, 0.29) is 6.42 Å². The number of fused-ring (bicyclic) bond motifs is 1. The number of aryl methyl sites for hydroxylation is 1. The Kier molecular flexibility index (Phi) is 8.60. The van der Waals surface area contributed by atoms with E-state index in [0.29, 0.717) is 26.2 Å². The fourth-order valence-corrected chi connectivity index (χ4v) is 6.67. The Bertz CT molecular complexity index is 1430. The fourth-order valence-electron chi connectivity index (χ4n) is 5.17. The molecule has 2 heterocycles. The molecule has 0 bridgehead atoms. The monoisotopic (exact) mass is 560 g/mol. The van der Waals surface area contributed by atoms with Crippen molar-refractivity contribution in [3.8, 4) is 11.8 Å². The van der Waals surface area contributed by atoms with E-state index in [9.17, 15) is 13.6 Å². The number of hydrogen-bond donors (Lipinski definition) is 1. The summed E-state index contributed by atoms with van der Waals surface area (Å²) in [4.78, 5) is 14.6. The van der Waals surface area contributed by atoms with Crippen LogP contribution in [-0.4, -0.2) is 61.5 Å². The van der Waals surface area contributed by atoms with Gasteiger partial charge in [-0.05, 0) is 84.3 Å². The number of hydrogen-bond acceptors (Lipinski definition) is 6. The molecule has 1 saturated heterocycles. The van der Waals surface area contributed by atoms with Gasteiger partial charge in [0.2, 0.25) is 0 Å². The van der Waals surface area contributed by atoms with E-state index in [1.807, 2.05) is 24.3 Å². The minimum absolute atomic E-state index is 0.241. The first-order valence-electron chi connectivity index (χ1n) is 13.0. The summed E-state index contributed by atoms with van der Waals surface area (Å²) in [6, 6.07) is 18.2. The predicted octanol–water partition coefficient (Wildman–Crippen LogP) is 4.52. The summed E-state index contributed by atoms with van der Waals surface area (Å²) in [5, 5.41) is 12.9. The minimum Gasteiger partial charge on any atom is -0.759 e. The SMILES string of the molecule is CC(CC(=O)O)N(N1CCN(c2ccc(C#Cc3ccc4c(c3)C(c3cccs3)=CCC4)cc2)CC1)S(=O)[O-]. The molecule has 1 fully saturated rings. The molecule has 2 atom stereocenters. The number of carboxylic acid groups (broad SMARTS) is 1. The van der Waals surface area contributed by atoms with Crippen LogP contribution in [0.3, 0.4) is 0 Å². The second-order valence-corrected chi connectivity index (χ2v) is 11.5. The van der Waals surface area contributed by atoms with Gasteiger partial charge in [-0.25, -0.2) is 5.01 Å². The van der Waals surface area contributed by atoms with Gasteiger partial charge in [0.05, 0.1) is 6.42 Å². The van der Waals surface area contributed by atoms with E-state index in [2.05, 4.69) is 58.5 Å².